The van der Waals surface area contributed by atoms with Crippen LogP contribution in [0.2, 0.25) is 0 Å². The lowest BCUT2D eigenvalue weighted by Crippen LogP contribution is -2.42. The zero-order valence-electron chi connectivity index (χ0n) is 9.05. The van der Waals surface area contributed by atoms with Crippen LogP contribution in [0.1, 0.15) is 51.4 Å². The van der Waals surface area contributed by atoms with E-state index in [0.717, 1.165) is 12.1 Å². The fraction of sp³-hybridized carbons (Fsp3) is 1.00. The summed E-state index contributed by atoms with van der Waals surface area (Å²) in [4.78, 5) is 2.81. The molecule has 14 heavy (non-hydrogen) atoms. The Morgan fingerprint density at radius 2 is 1.64 bits per heavy atom. The predicted molar refractivity (Wildman–Crippen MR) is 65.0 cm³/mol. The third kappa shape index (κ3) is 2.52. The molecule has 0 radical (unpaired) electrons. The van der Waals surface area contributed by atoms with E-state index in [1.807, 2.05) is 0 Å². The molecular weight excluding hydrogens is 238 g/mol. The Bertz CT molecular complexity index is 166. The van der Waals surface area contributed by atoms with Crippen molar-refractivity contribution in [3.63, 3.8) is 0 Å². The number of halogens is 1. The average Bonchev–Trinajstić information content (AvgIpc) is 2.63. The van der Waals surface area contributed by atoms with Crippen molar-refractivity contribution >= 4 is 15.9 Å². The lowest BCUT2D eigenvalue weighted by Gasteiger charge is -2.34. The third-order valence-electron chi connectivity index (χ3n) is 3.89. The van der Waals surface area contributed by atoms with Crippen LogP contribution in [-0.2, 0) is 0 Å². The summed E-state index contributed by atoms with van der Waals surface area (Å²) in [6, 6.07) is 1.76. The van der Waals surface area contributed by atoms with E-state index in [0.29, 0.717) is 0 Å². The van der Waals surface area contributed by atoms with E-state index < -0.39 is 0 Å². The van der Waals surface area contributed by atoms with Gasteiger partial charge in [0.15, 0.2) is 0 Å². The van der Waals surface area contributed by atoms with Crippen molar-refractivity contribution in [1.82, 2.24) is 4.90 Å². The molecule has 2 aliphatic rings. The number of hydrogen-bond acceptors (Lipinski definition) is 1. The molecule has 0 amide bonds. The maximum absolute atomic E-state index is 3.69. The van der Waals surface area contributed by atoms with Gasteiger partial charge in [-0.25, -0.2) is 0 Å². The van der Waals surface area contributed by atoms with Crippen LogP contribution in [0.4, 0.5) is 0 Å². The number of alkyl halides is 1. The molecular formula is C12H22BrN. The molecule has 1 heterocycles. The molecule has 2 rings (SSSR count). The maximum atomic E-state index is 3.69. The van der Waals surface area contributed by atoms with Gasteiger partial charge in [0.05, 0.1) is 0 Å². The highest BCUT2D eigenvalue weighted by Crippen LogP contribution is 2.29. The Morgan fingerprint density at radius 1 is 0.929 bits per heavy atom. The molecule has 1 atom stereocenters. The molecule has 1 aliphatic heterocycles. The largest absolute Gasteiger partial charge is 0.297 e. The van der Waals surface area contributed by atoms with Gasteiger partial charge in [-0.1, -0.05) is 41.6 Å². The molecule has 2 fully saturated rings. The van der Waals surface area contributed by atoms with Crippen LogP contribution >= 0.6 is 15.9 Å². The zero-order valence-corrected chi connectivity index (χ0v) is 10.6. The summed E-state index contributed by atoms with van der Waals surface area (Å²) >= 11 is 3.69. The number of nitrogens with zero attached hydrogens (tertiary/aromatic N) is 1. The first-order valence-corrected chi connectivity index (χ1v) is 7.35. The molecule has 0 aromatic carbocycles. The Balaban J connectivity index is 1.96. The highest BCUT2D eigenvalue weighted by Gasteiger charge is 2.28. The minimum Gasteiger partial charge on any atom is -0.297 e. The second-order valence-electron chi connectivity index (χ2n) is 4.83. The first-order valence-electron chi connectivity index (χ1n) is 6.23. The van der Waals surface area contributed by atoms with Crippen molar-refractivity contribution in [1.29, 1.82) is 0 Å². The monoisotopic (exact) mass is 259 g/mol. The molecule has 1 nitrogen and oxygen atoms in total. The minimum atomic E-state index is 0.834. The summed E-state index contributed by atoms with van der Waals surface area (Å²) in [5.74, 6) is 0. The lowest BCUT2D eigenvalue weighted by molar-refractivity contribution is 0.152. The number of rotatable bonds is 2. The molecule has 2 heteroatoms. The van der Waals surface area contributed by atoms with Crippen LogP contribution in [0.25, 0.3) is 0 Å². The van der Waals surface area contributed by atoms with Gasteiger partial charge in [0.2, 0.25) is 0 Å². The Labute approximate surface area is 96.4 Å². The first kappa shape index (κ1) is 10.9. The normalized spacial score (nSPS) is 31.9. The minimum absolute atomic E-state index is 0.834. The molecule has 1 saturated heterocycles. The van der Waals surface area contributed by atoms with E-state index in [1.165, 1.54) is 63.2 Å². The smallest absolute Gasteiger partial charge is 0.0195 e. The fourth-order valence-electron chi connectivity index (χ4n) is 3.08. The molecule has 1 unspecified atom stereocenters. The van der Waals surface area contributed by atoms with Crippen molar-refractivity contribution in [2.75, 3.05) is 11.9 Å². The Morgan fingerprint density at radius 3 is 2.36 bits per heavy atom. The van der Waals surface area contributed by atoms with Crippen LogP contribution in [0.5, 0.6) is 0 Å². The average molecular weight is 260 g/mol. The van der Waals surface area contributed by atoms with E-state index in [9.17, 15) is 0 Å². The maximum Gasteiger partial charge on any atom is 0.0195 e. The van der Waals surface area contributed by atoms with Gasteiger partial charge >= 0.3 is 0 Å². The quantitative estimate of drug-likeness (QED) is 0.686. The molecule has 0 spiro atoms. The SMILES string of the molecule is BrCC1CCCCCN1C1CCCC1. The van der Waals surface area contributed by atoms with Gasteiger partial charge in [-0.2, -0.15) is 0 Å². The highest BCUT2D eigenvalue weighted by molar-refractivity contribution is 9.09. The molecule has 1 aliphatic carbocycles. The Kier molecular flexibility index (Phi) is 4.30. The van der Waals surface area contributed by atoms with Gasteiger partial charge in [0.25, 0.3) is 0 Å². The topological polar surface area (TPSA) is 3.24 Å². The summed E-state index contributed by atoms with van der Waals surface area (Å²) in [5, 5.41) is 1.18. The van der Waals surface area contributed by atoms with Gasteiger partial charge in [0.1, 0.15) is 0 Å². The summed E-state index contributed by atoms with van der Waals surface area (Å²) in [7, 11) is 0. The van der Waals surface area contributed by atoms with Crippen molar-refractivity contribution < 1.29 is 0 Å². The van der Waals surface area contributed by atoms with Crippen molar-refractivity contribution in [2.45, 2.75) is 63.5 Å². The van der Waals surface area contributed by atoms with E-state index in [4.69, 9.17) is 0 Å². The standard InChI is InChI=1S/C12H22BrN/c13-10-12-8-2-1-5-9-14(12)11-6-3-4-7-11/h11-12H,1-10H2. The highest BCUT2D eigenvalue weighted by atomic mass is 79.9. The van der Waals surface area contributed by atoms with Gasteiger partial charge in [-0.05, 0) is 32.2 Å². The summed E-state index contributed by atoms with van der Waals surface area (Å²) in [5.41, 5.74) is 0. The summed E-state index contributed by atoms with van der Waals surface area (Å²) < 4.78 is 0. The van der Waals surface area contributed by atoms with Crippen LogP contribution < -0.4 is 0 Å². The predicted octanol–water partition coefficient (Wildman–Crippen LogP) is 3.57. The van der Waals surface area contributed by atoms with Crippen molar-refractivity contribution in [3.05, 3.63) is 0 Å². The van der Waals surface area contributed by atoms with Gasteiger partial charge in [-0.15, -0.1) is 0 Å². The van der Waals surface area contributed by atoms with Crippen LogP contribution in [0, 0.1) is 0 Å². The molecule has 82 valence electrons. The van der Waals surface area contributed by atoms with E-state index >= 15 is 0 Å². The van der Waals surface area contributed by atoms with Crippen LogP contribution in [0.15, 0.2) is 0 Å². The fourth-order valence-corrected chi connectivity index (χ4v) is 3.78. The molecule has 1 saturated carbocycles. The second-order valence-corrected chi connectivity index (χ2v) is 5.48. The summed E-state index contributed by atoms with van der Waals surface area (Å²) in [6.07, 6.45) is 11.6. The van der Waals surface area contributed by atoms with E-state index in [-0.39, 0.29) is 0 Å². The Hall–Kier alpha value is 0.440. The summed E-state index contributed by atoms with van der Waals surface area (Å²) in [6.45, 7) is 1.36. The third-order valence-corrected chi connectivity index (χ3v) is 4.64. The number of hydrogen-bond donors (Lipinski definition) is 0. The molecule has 0 bridgehead atoms. The van der Waals surface area contributed by atoms with Crippen LogP contribution in [-0.4, -0.2) is 28.9 Å². The van der Waals surface area contributed by atoms with E-state index in [2.05, 4.69) is 20.8 Å². The molecule has 0 aromatic rings. The molecule has 0 N–H and O–H groups in total. The van der Waals surface area contributed by atoms with E-state index in [1.54, 1.807) is 0 Å². The van der Waals surface area contributed by atoms with Crippen molar-refractivity contribution in [2.24, 2.45) is 0 Å². The number of likely N-dealkylation sites (tertiary alicyclic amines) is 1. The van der Waals surface area contributed by atoms with Crippen molar-refractivity contribution in [3.8, 4) is 0 Å². The zero-order chi connectivity index (χ0) is 9.80. The van der Waals surface area contributed by atoms with Gasteiger partial charge in [-0.3, -0.25) is 4.90 Å². The van der Waals surface area contributed by atoms with Gasteiger partial charge in [0, 0.05) is 17.4 Å². The lowest BCUT2D eigenvalue weighted by atomic mass is 10.1. The second kappa shape index (κ2) is 5.50. The first-order chi connectivity index (χ1) is 6.92. The van der Waals surface area contributed by atoms with Gasteiger partial charge < -0.3 is 0 Å². The molecule has 0 aromatic heterocycles. The van der Waals surface area contributed by atoms with Crippen LogP contribution in [0.3, 0.4) is 0 Å².